The molecule has 1 aromatic carbocycles. The SMILES string of the molecule is CN(c1nc2c(c(N3CCCCC3)n1)CN(S(=O)(=O)c1ccc(Cl)cc1)CC2)C1CCCCC1. The van der Waals surface area contributed by atoms with Gasteiger partial charge in [-0.05, 0) is 56.4 Å². The molecule has 5 rings (SSSR count). The predicted molar refractivity (Wildman–Crippen MR) is 136 cm³/mol. The molecule has 0 unspecified atom stereocenters. The number of benzene rings is 1. The Hall–Kier alpha value is -1.90. The van der Waals surface area contributed by atoms with Crippen LogP contribution in [0.3, 0.4) is 0 Å². The Labute approximate surface area is 208 Å². The van der Waals surface area contributed by atoms with E-state index in [1.165, 1.54) is 38.5 Å². The Morgan fingerprint density at radius 1 is 0.941 bits per heavy atom. The molecule has 0 spiro atoms. The number of aromatic nitrogens is 2. The molecule has 184 valence electrons. The minimum atomic E-state index is -3.62. The van der Waals surface area contributed by atoms with E-state index in [0.29, 0.717) is 30.6 Å². The van der Waals surface area contributed by atoms with Gasteiger partial charge in [0.2, 0.25) is 16.0 Å². The smallest absolute Gasteiger partial charge is 0.243 e. The van der Waals surface area contributed by atoms with Gasteiger partial charge in [-0.1, -0.05) is 30.9 Å². The summed E-state index contributed by atoms with van der Waals surface area (Å²) in [6.07, 6.45) is 10.3. The van der Waals surface area contributed by atoms with Crippen molar-refractivity contribution in [1.82, 2.24) is 14.3 Å². The number of fused-ring (bicyclic) bond motifs is 1. The fraction of sp³-hybridized carbons (Fsp3) is 0.600. The van der Waals surface area contributed by atoms with Crippen molar-refractivity contribution in [3.05, 3.63) is 40.5 Å². The Kier molecular flexibility index (Phi) is 7.00. The van der Waals surface area contributed by atoms with Crippen molar-refractivity contribution in [3.8, 4) is 0 Å². The molecule has 0 bridgehead atoms. The van der Waals surface area contributed by atoms with Crippen molar-refractivity contribution in [2.24, 2.45) is 0 Å². The Balaban J connectivity index is 1.49. The third-order valence-corrected chi connectivity index (χ3v) is 9.65. The summed E-state index contributed by atoms with van der Waals surface area (Å²) in [4.78, 5) is 15.0. The van der Waals surface area contributed by atoms with Gasteiger partial charge >= 0.3 is 0 Å². The van der Waals surface area contributed by atoms with Crippen LogP contribution < -0.4 is 9.80 Å². The van der Waals surface area contributed by atoms with E-state index in [-0.39, 0.29) is 4.90 Å². The molecule has 3 aliphatic rings. The lowest BCUT2D eigenvalue weighted by atomic mass is 9.95. The van der Waals surface area contributed by atoms with Crippen molar-refractivity contribution in [1.29, 1.82) is 0 Å². The van der Waals surface area contributed by atoms with Crippen LogP contribution in [0.5, 0.6) is 0 Å². The van der Waals surface area contributed by atoms with Gasteiger partial charge in [0, 0.05) is 56.3 Å². The van der Waals surface area contributed by atoms with Gasteiger partial charge in [-0.2, -0.15) is 9.29 Å². The normalized spacial score (nSPS) is 20.2. The van der Waals surface area contributed by atoms with E-state index in [1.54, 1.807) is 28.6 Å². The van der Waals surface area contributed by atoms with Gasteiger partial charge < -0.3 is 9.80 Å². The lowest BCUT2D eigenvalue weighted by Gasteiger charge is -2.36. The first-order valence-corrected chi connectivity index (χ1v) is 14.4. The van der Waals surface area contributed by atoms with Crippen LogP contribution in [-0.2, 0) is 23.0 Å². The van der Waals surface area contributed by atoms with Crippen LogP contribution in [0.1, 0.15) is 62.6 Å². The molecular weight excluding hydrogens is 470 g/mol. The quantitative estimate of drug-likeness (QED) is 0.592. The topological polar surface area (TPSA) is 69.6 Å². The first-order valence-electron chi connectivity index (χ1n) is 12.6. The highest BCUT2D eigenvalue weighted by Gasteiger charge is 2.33. The zero-order valence-electron chi connectivity index (χ0n) is 19.9. The summed E-state index contributed by atoms with van der Waals surface area (Å²) >= 11 is 5.98. The molecule has 1 saturated heterocycles. The Morgan fingerprint density at radius 2 is 1.62 bits per heavy atom. The number of anilines is 2. The molecule has 3 heterocycles. The largest absolute Gasteiger partial charge is 0.356 e. The van der Waals surface area contributed by atoms with Gasteiger partial charge in [-0.25, -0.2) is 13.4 Å². The van der Waals surface area contributed by atoms with Crippen molar-refractivity contribution in [2.75, 3.05) is 36.5 Å². The zero-order chi connectivity index (χ0) is 23.7. The lowest BCUT2D eigenvalue weighted by Crippen LogP contribution is -2.40. The second-order valence-electron chi connectivity index (χ2n) is 9.77. The second kappa shape index (κ2) is 9.99. The number of piperidine rings is 1. The minimum absolute atomic E-state index is 0.273. The summed E-state index contributed by atoms with van der Waals surface area (Å²) in [5.74, 6) is 1.72. The molecule has 0 radical (unpaired) electrons. The molecule has 0 amide bonds. The highest BCUT2D eigenvalue weighted by Crippen LogP contribution is 2.34. The number of hydrogen-bond acceptors (Lipinski definition) is 6. The summed E-state index contributed by atoms with van der Waals surface area (Å²) in [6, 6.07) is 6.89. The average Bonchev–Trinajstić information content (AvgIpc) is 2.88. The van der Waals surface area contributed by atoms with E-state index < -0.39 is 10.0 Å². The summed E-state index contributed by atoms with van der Waals surface area (Å²) in [7, 11) is -1.50. The molecule has 0 N–H and O–H groups in total. The molecule has 2 aliphatic heterocycles. The molecular formula is C25H34ClN5O2S. The van der Waals surface area contributed by atoms with Crippen molar-refractivity contribution in [2.45, 2.75) is 75.3 Å². The highest BCUT2D eigenvalue weighted by atomic mass is 35.5. The fourth-order valence-corrected chi connectivity index (χ4v) is 7.01. The van der Waals surface area contributed by atoms with E-state index in [1.807, 2.05) is 0 Å². The predicted octanol–water partition coefficient (Wildman–Crippen LogP) is 4.64. The average molecular weight is 504 g/mol. The third-order valence-electron chi connectivity index (χ3n) is 7.54. The lowest BCUT2D eigenvalue weighted by molar-refractivity contribution is 0.385. The molecule has 9 heteroatoms. The van der Waals surface area contributed by atoms with Crippen LogP contribution in [0.2, 0.25) is 5.02 Å². The van der Waals surface area contributed by atoms with Gasteiger partial charge in [0.05, 0.1) is 10.6 Å². The molecule has 7 nitrogen and oxygen atoms in total. The molecule has 2 aromatic rings. The molecule has 1 aromatic heterocycles. The fourth-order valence-electron chi connectivity index (χ4n) is 5.48. The standard InChI is InChI=1S/C25H34ClN5O2S/c1-29(20-8-4-2-5-9-20)25-27-23-14-17-31(34(32,33)21-12-10-19(26)11-13-21)18-22(23)24(28-25)30-15-6-3-7-16-30/h10-13,20H,2-9,14-18H2,1H3. The maximum atomic E-state index is 13.4. The maximum absolute atomic E-state index is 13.4. The third kappa shape index (κ3) is 4.77. The van der Waals surface area contributed by atoms with Crippen molar-refractivity contribution >= 4 is 33.4 Å². The van der Waals surface area contributed by atoms with E-state index in [4.69, 9.17) is 21.6 Å². The number of hydrogen-bond donors (Lipinski definition) is 0. The Morgan fingerprint density at radius 3 is 2.32 bits per heavy atom. The van der Waals surface area contributed by atoms with Crippen LogP contribution in [0.15, 0.2) is 29.2 Å². The van der Waals surface area contributed by atoms with Crippen LogP contribution >= 0.6 is 11.6 Å². The van der Waals surface area contributed by atoms with Crippen molar-refractivity contribution in [3.63, 3.8) is 0 Å². The van der Waals surface area contributed by atoms with Crippen molar-refractivity contribution < 1.29 is 8.42 Å². The van der Waals surface area contributed by atoms with Gasteiger partial charge in [0.15, 0.2) is 0 Å². The molecule has 1 aliphatic carbocycles. The van der Waals surface area contributed by atoms with E-state index in [9.17, 15) is 8.42 Å². The van der Waals surface area contributed by atoms with Crippen LogP contribution in [0.25, 0.3) is 0 Å². The first-order chi connectivity index (χ1) is 16.4. The van der Waals surface area contributed by atoms with Gasteiger partial charge in [-0.15, -0.1) is 0 Å². The van der Waals surface area contributed by atoms with Gasteiger partial charge in [0.1, 0.15) is 5.82 Å². The number of halogens is 1. The number of rotatable bonds is 5. The molecule has 34 heavy (non-hydrogen) atoms. The Bertz CT molecular complexity index is 1110. The van der Waals surface area contributed by atoms with Gasteiger partial charge in [0.25, 0.3) is 0 Å². The summed E-state index contributed by atoms with van der Waals surface area (Å²) in [6.45, 7) is 2.64. The minimum Gasteiger partial charge on any atom is -0.356 e. The highest BCUT2D eigenvalue weighted by molar-refractivity contribution is 7.89. The van der Waals surface area contributed by atoms with Crippen LogP contribution in [0, 0.1) is 0 Å². The molecule has 2 fully saturated rings. The first kappa shape index (κ1) is 23.8. The summed E-state index contributed by atoms with van der Waals surface area (Å²) in [5.41, 5.74) is 1.96. The van der Waals surface area contributed by atoms with Gasteiger partial charge in [-0.3, -0.25) is 0 Å². The van der Waals surface area contributed by atoms with E-state index >= 15 is 0 Å². The molecule has 0 atom stereocenters. The van der Waals surface area contributed by atoms with E-state index in [0.717, 1.165) is 49.0 Å². The van der Waals surface area contributed by atoms with E-state index in [2.05, 4.69) is 16.8 Å². The maximum Gasteiger partial charge on any atom is 0.243 e. The summed E-state index contributed by atoms with van der Waals surface area (Å²) < 4.78 is 28.4. The molecule has 1 saturated carbocycles. The van der Waals surface area contributed by atoms with Crippen LogP contribution in [0.4, 0.5) is 11.8 Å². The second-order valence-corrected chi connectivity index (χ2v) is 12.1. The number of nitrogens with zero attached hydrogens (tertiary/aromatic N) is 5. The van der Waals surface area contributed by atoms with Crippen LogP contribution in [-0.4, -0.2) is 55.4 Å². The summed E-state index contributed by atoms with van der Waals surface area (Å²) in [5, 5.41) is 0.526. The monoisotopic (exact) mass is 503 g/mol. The number of sulfonamides is 1. The zero-order valence-corrected chi connectivity index (χ0v) is 21.5.